The Morgan fingerprint density at radius 1 is 0.457 bits per heavy atom. The molecule has 12 nitrogen and oxygen atoms in total. The molecule has 2 atom stereocenters. The van der Waals surface area contributed by atoms with E-state index in [9.17, 15) is 19.2 Å². The molecule has 4 aliphatic rings. The summed E-state index contributed by atoms with van der Waals surface area (Å²) in [5.41, 5.74) is 15.0. The summed E-state index contributed by atoms with van der Waals surface area (Å²) < 4.78 is 0. The Morgan fingerprint density at radius 2 is 0.771 bits per heavy atom. The molecule has 6 heterocycles. The molecule has 70 heavy (non-hydrogen) atoms. The summed E-state index contributed by atoms with van der Waals surface area (Å²) in [5.74, 6) is 1.65. The van der Waals surface area contributed by atoms with E-state index in [2.05, 4.69) is 145 Å². The van der Waals surface area contributed by atoms with Gasteiger partial charge in [-0.25, -0.2) is 19.9 Å². The van der Waals surface area contributed by atoms with Crippen molar-refractivity contribution in [1.29, 1.82) is 0 Å². The number of thioether (sulfide) groups is 2. The van der Waals surface area contributed by atoms with Crippen LogP contribution >= 0.6 is 23.5 Å². The van der Waals surface area contributed by atoms with Crippen LogP contribution in [0.3, 0.4) is 0 Å². The normalized spacial score (nSPS) is 17.4. The third-order valence-corrected chi connectivity index (χ3v) is 15.4. The molecule has 4 aromatic carbocycles. The first kappa shape index (κ1) is 48.6. The highest BCUT2D eigenvalue weighted by molar-refractivity contribution is 8.15. The lowest BCUT2D eigenvalue weighted by atomic mass is 10.0. The molecule has 0 spiro atoms. The monoisotopic (exact) mass is 972 g/mol. The first-order valence-electron chi connectivity index (χ1n) is 24.6. The number of amides is 4. The molecule has 14 heteroatoms. The Bertz CT molecular complexity index is 2680. The number of aromatic nitrogens is 4. The lowest BCUT2D eigenvalue weighted by Crippen LogP contribution is -2.32. The predicted molar refractivity (Wildman–Crippen MR) is 283 cm³/mol. The van der Waals surface area contributed by atoms with Gasteiger partial charge in [-0.1, -0.05) is 156 Å². The third-order valence-electron chi connectivity index (χ3n) is 13.3. The second-order valence-corrected chi connectivity index (χ2v) is 21.1. The zero-order valence-corrected chi connectivity index (χ0v) is 42.1. The highest BCUT2D eigenvalue weighted by Gasteiger charge is 2.32. The van der Waals surface area contributed by atoms with Crippen LogP contribution in [0.4, 0.5) is 21.2 Å². The molecule has 2 aromatic heterocycles. The van der Waals surface area contributed by atoms with Gasteiger partial charge in [0.1, 0.15) is 0 Å². The molecule has 2 N–H and O–H groups in total. The van der Waals surface area contributed by atoms with Gasteiger partial charge in [-0.05, 0) is 79.1 Å². The van der Waals surface area contributed by atoms with Gasteiger partial charge in [0.2, 0.25) is 11.8 Å². The van der Waals surface area contributed by atoms with Gasteiger partial charge in [-0.15, -0.1) is 0 Å². The van der Waals surface area contributed by atoms with Crippen LogP contribution in [0.5, 0.6) is 0 Å². The second kappa shape index (κ2) is 22.1. The Labute approximate surface area is 419 Å². The zero-order valence-electron chi connectivity index (χ0n) is 40.4. The molecule has 4 aliphatic heterocycles. The number of rotatable bonds is 14. The van der Waals surface area contributed by atoms with Crippen molar-refractivity contribution in [2.24, 2.45) is 0 Å². The molecule has 360 valence electrons. The summed E-state index contributed by atoms with van der Waals surface area (Å²) in [6.45, 7) is 12.0. The van der Waals surface area contributed by atoms with Gasteiger partial charge in [-0.2, -0.15) is 0 Å². The van der Waals surface area contributed by atoms with E-state index in [1.807, 2.05) is 0 Å². The number of unbranched alkanes of at least 4 members (excludes halogenated alkanes) is 2. The minimum Gasteiger partial charge on any atom is -0.355 e. The van der Waals surface area contributed by atoms with Crippen molar-refractivity contribution in [3.8, 4) is 45.0 Å². The van der Waals surface area contributed by atoms with Crippen molar-refractivity contribution in [3.05, 3.63) is 131 Å². The molecule has 4 amide bonds. The summed E-state index contributed by atoms with van der Waals surface area (Å²) in [7, 11) is 0. The van der Waals surface area contributed by atoms with Crippen LogP contribution in [0.1, 0.15) is 85.0 Å². The molecule has 2 saturated heterocycles. The third kappa shape index (κ3) is 11.6. The molecule has 0 bridgehead atoms. The van der Waals surface area contributed by atoms with Gasteiger partial charge in [0, 0.05) is 48.4 Å². The molecule has 0 radical (unpaired) electrons. The SMILES string of the molecule is Cc1ccc(-c2nc3c(nc2-c2ccc(C)cc2)N(CCCCC2SC(=O)NC2=O)CCC3)cc1.Cc1ccc(-c2nc3c(nc2-c2ccc(C)cc2)N(CCCC[C@@H]2SC(=O)NC2=O)CCC3)cc1. The van der Waals surface area contributed by atoms with Crippen molar-refractivity contribution in [2.75, 3.05) is 36.0 Å². The van der Waals surface area contributed by atoms with Crippen LogP contribution in [0.15, 0.2) is 97.1 Å². The number of imide groups is 2. The van der Waals surface area contributed by atoms with E-state index in [1.165, 1.54) is 22.3 Å². The lowest BCUT2D eigenvalue weighted by Gasteiger charge is -2.30. The van der Waals surface area contributed by atoms with Crippen molar-refractivity contribution in [3.63, 3.8) is 0 Å². The van der Waals surface area contributed by atoms with E-state index < -0.39 is 0 Å². The van der Waals surface area contributed by atoms with Crippen LogP contribution in [-0.2, 0) is 22.4 Å². The quantitative estimate of drug-likeness (QED) is 0.100. The van der Waals surface area contributed by atoms with Gasteiger partial charge >= 0.3 is 0 Å². The van der Waals surface area contributed by atoms with Gasteiger partial charge in [-0.3, -0.25) is 29.8 Å². The van der Waals surface area contributed by atoms with Crippen LogP contribution in [0.25, 0.3) is 45.0 Å². The Kier molecular flexibility index (Phi) is 15.4. The average molecular weight is 973 g/mol. The first-order valence-corrected chi connectivity index (χ1v) is 26.3. The number of benzene rings is 4. The smallest absolute Gasteiger partial charge is 0.286 e. The van der Waals surface area contributed by atoms with E-state index in [0.29, 0.717) is 0 Å². The maximum Gasteiger partial charge on any atom is 0.286 e. The van der Waals surface area contributed by atoms with Gasteiger partial charge in [0.15, 0.2) is 11.6 Å². The van der Waals surface area contributed by atoms with Gasteiger partial charge in [0.25, 0.3) is 10.5 Å². The van der Waals surface area contributed by atoms with Crippen molar-refractivity contribution in [2.45, 2.75) is 102 Å². The van der Waals surface area contributed by atoms with Crippen LogP contribution in [0.2, 0.25) is 0 Å². The second-order valence-electron chi connectivity index (χ2n) is 18.8. The van der Waals surface area contributed by atoms with E-state index in [-0.39, 0.29) is 32.8 Å². The van der Waals surface area contributed by atoms with E-state index in [0.717, 1.165) is 182 Å². The summed E-state index contributed by atoms with van der Waals surface area (Å²) >= 11 is 2.23. The highest BCUT2D eigenvalue weighted by Crippen LogP contribution is 2.37. The largest absolute Gasteiger partial charge is 0.355 e. The predicted octanol–water partition coefficient (Wildman–Crippen LogP) is 11.4. The number of nitrogens with zero attached hydrogens (tertiary/aromatic N) is 6. The van der Waals surface area contributed by atoms with Crippen molar-refractivity contribution < 1.29 is 19.2 Å². The molecule has 0 aliphatic carbocycles. The summed E-state index contributed by atoms with van der Waals surface area (Å²) in [6, 6.07) is 34.0. The number of carbonyl (C=O) groups excluding carboxylic acids is 4. The fourth-order valence-electron chi connectivity index (χ4n) is 9.37. The van der Waals surface area contributed by atoms with E-state index in [1.54, 1.807) is 0 Å². The number of aryl methyl sites for hydroxylation is 6. The summed E-state index contributed by atoms with van der Waals surface area (Å²) in [5, 5.41) is 3.79. The molecular formula is C56H60N8O4S2. The number of carbonyl (C=O) groups is 4. The lowest BCUT2D eigenvalue weighted by molar-refractivity contribution is -0.119. The number of hydrogen-bond donors (Lipinski definition) is 2. The Morgan fingerprint density at radius 3 is 1.07 bits per heavy atom. The number of fused-ring (bicyclic) bond motifs is 2. The van der Waals surface area contributed by atoms with E-state index in [4.69, 9.17) is 19.9 Å². The fraction of sp³-hybridized carbons (Fsp3) is 0.357. The van der Waals surface area contributed by atoms with Crippen LogP contribution in [-0.4, -0.2) is 78.9 Å². The van der Waals surface area contributed by atoms with E-state index >= 15 is 0 Å². The molecule has 6 aromatic rings. The van der Waals surface area contributed by atoms with Gasteiger partial charge in [0.05, 0.1) is 44.7 Å². The van der Waals surface area contributed by atoms with Gasteiger partial charge < -0.3 is 9.80 Å². The van der Waals surface area contributed by atoms with Crippen molar-refractivity contribution in [1.82, 2.24) is 30.6 Å². The number of hydrogen-bond acceptors (Lipinski definition) is 12. The zero-order chi connectivity index (χ0) is 48.7. The number of anilines is 2. The topological polar surface area (TPSA) is 150 Å². The summed E-state index contributed by atoms with van der Waals surface area (Å²) in [6.07, 6.45) is 9.06. The molecule has 1 unspecified atom stereocenters. The fourth-order valence-corrected chi connectivity index (χ4v) is 11.1. The average Bonchev–Trinajstić information content (AvgIpc) is 3.87. The first-order chi connectivity index (χ1) is 33.9. The Hall–Kier alpha value is -6.38. The van der Waals surface area contributed by atoms with Crippen LogP contribution < -0.4 is 20.4 Å². The van der Waals surface area contributed by atoms with Crippen molar-refractivity contribution >= 4 is 57.5 Å². The molecule has 10 rings (SSSR count). The maximum absolute atomic E-state index is 11.8. The standard InChI is InChI=1S/2C28H30N4O2S/c2*1-18-8-12-20(13-9-18)24-25(21-14-10-19(2)11-15-21)30-26-22(29-24)6-5-17-32(26)16-4-3-7-23-27(33)31-28(34)35-23/h2*8-15,23H,3-7,16-17H2,1-2H3,(H,31,33,34)/t23-;/m0./s1. The Balaban J connectivity index is 0.000000174. The molecule has 2 fully saturated rings. The molecule has 0 saturated carbocycles. The number of nitrogens with one attached hydrogen (secondary N) is 2. The van der Waals surface area contributed by atoms with Crippen LogP contribution in [0, 0.1) is 27.7 Å². The maximum atomic E-state index is 11.8. The molecular weight excluding hydrogens is 913 g/mol. The highest BCUT2D eigenvalue weighted by atomic mass is 32.2. The minimum atomic E-state index is -0.249. The summed E-state index contributed by atoms with van der Waals surface area (Å²) in [4.78, 5) is 71.9. The minimum absolute atomic E-state index is 0.152.